The molecule has 0 aliphatic rings. The van der Waals surface area contributed by atoms with Gasteiger partial charge in [0.1, 0.15) is 0 Å². The summed E-state index contributed by atoms with van der Waals surface area (Å²) in [6.45, 7) is 0. The molecule has 0 saturated heterocycles. The fraction of sp³-hybridized carbons (Fsp3) is 0. The molecular weight excluding hydrogens is 703 g/mol. The van der Waals surface area contributed by atoms with Gasteiger partial charge in [0.25, 0.3) is 0 Å². The standard InChI is InChI=1S/C50H29N5S/c51-30-32-13-24-47-42(27-32)39-7-1-4-10-45(39)54(47)36-19-15-34(16-20-36)53(38-23-26-50-44(29-38)41-9-3-6-12-49(41)56-50)35-17-21-37(22-18-35)55-46-11-5-2-8-40(46)43-28-33(31-52)14-25-48(43)55/h1-29H. The first-order valence-electron chi connectivity index (χ1n) is 18.5. The number of benzene rings is 8. The van der Waals surface area contributed by atoms with Crippen LogP contribution < -0.4 is 4.90 Å². The van der Waals surface area contributed by atoms with E-state index in [4.69, 9.17) is 0 Å². The molecule has 0 atom stereocenters. The Hall–Kier alpha value is -7.64. The third kappa shape index (κ3) is 4.84. The van der Waals surface area contributed by atoms with Crippen molar-refractivity contribution in [2.75, 3.05) is 4.90 Å². The molecule has 6 heteroatoms. The third-order valence-electron chi connectivity index (χ3n) is 11.0. The zero-order valence-corrected chi connectivity index (χ0v) is 30.7. The maximum Gasteiger partial charge on any atom is 0.0991 e. The number of thiophene rings is 1. The summed E-state index contributed by atoms with van der Waals surface area (Å²) >= 11 is 1.82. The van der Waals surface area contributed by atoms with Crippen LogP contribution in [0, 0.1) is 22.7 Å². The van der Waals surface area contributed by atoms with Crippen molar-refractivity contribution in [2.45, 2.75) is 0 Å². The Kier molecular flexibility index (Phi) is 7.09. The van der Waals surface area contributed by atoms with Gasteiger partial charge in [0.15, 0.2) is 0 Å². The first-order valence-corrected chi connectivity index (χ1v) is 19.3. The van der Waals surface area contributed by atoms with Crippen molar-refractivity contribution < 1.29 is 0 Å². The maximum atomic E-state index is 9.65. The van der Waals surface area contributed by atoms with Crippen LogP contribution in [-0.4, -0.2) is 9.13 Å². The summed E-state index contributed by atoms with van der Waals surface area (Å²) in [5.41, 5.74) is 10.9. The van der Waals surface area contributed by atoms with Gasteiger partial charge in [0, 0.05) is 70.2 Å². The van der Waals surface area contributed by atoms with Crippen LogP contribution >= 0.6 is 11.3 Å². The summed E-state index contributed by atoms with van der Waals surface area (Å²) in [4.78, 5) is 2.33. The number of para-hydroxylation sites is 2. The number of aromatic nitrogens is 2. The van der Waals surface area contributed by atoms with Crippen LogP contribution in [-0.2, 0) is 0 Å². The second-order valence-electron chi connectivity index (χ2n) is 14.0. The molecule has 0 aliphatic carbocycles. The molecule has 0 saturated carbocycles. The lowest BCUT2D eigenvalue weighted by Gasteiger charge is -2.26. The molecular formula is C50H29N5S. The van der Waals surface area contributed by atoms with Crippen LogP contribution in [0.3, 0.4) is 0 Å². The van der Waals surface area contributed by atoms with Crippen molar-refractivity contribution in [2.24, 2.45) is 0 Å². The minimum atomic E-state index is 0.652. The minimum Gasteiger partial charge on any atom is -0.310 e. The van der Waals surface area contributed by atoms with Crippen LogP contribution in [0.15, 0.2) is 176 Å². The van der Waals surface area contributed by atoms with Gasteiger partial charge in [-0.2, -0.15) is 10.5 Å². The van der Waals surface area contributed by atoms with Gasteiger partial charge in [0.2, 0.25) is 0 Å². The van der Waals surface area contributed by atoms with E-state index in [-0.39, 0.29) is 0 Å². The molecule has 0 fully saturated rings. The summed E-state index contributed by atoms with van der Waals surface area (Å²) in [6, 6.07) is 66.2. The molecule has 0 radical (unpaired) electrons. The molecule has 11 aromatic rings. The lowest BCUT2D eigenvalue weighted by molar-refractivity contribution is 1.17. The summed E-state index contributed by atoms with van der Waals surface area (Å²) in [7, 11) is 0. The second-order valence-corrected chi connectivity index (χ2v) is 15.1. The predicted octanol–water partition coefficient (Wildman–Crippen LogP) is 13.5. The Balaban J connectivity index is 1.07. The van der Waals surface area contributed by atoms with Crippen molar-refractivity contribution >= 4 is 92.2 Å². The summed E-state index contributed by atoms with van der Waals surface area (Å²) < 4.78 is 7.10. The Morgan fingerprint density at radius 1 is 0.375 bits per heavy atom. The lowest BCUT2D eigenvalue weighted by Crippen LogP contribution is -2.10. The number of nitrogens with zero attached hydrogens (tertiary/aromatic N) is 5. The van der Waals surface area contributed by atoms with Gasteiger partial charge >= 0.3 is 0 Å². The Bertz CT molecular complexity index is 3270. The molecule has 0 bridgehead atoms. The van der Waals surface area contributed by atoms with Gasteiger partial charge in [-0.05, 0) is 121 Å². The molecule has 11 rings (SSSR count). The van der Waals surface area contributed by atoms with E-state index >= 15 is 0 Å². The van der Waals surface area contributed by atoms with Gasteiger partial charge in [-0.3, -0.25) is 0 Å². The van der Waals surface area contributed by atoms with E-state index in [2.05, 4.69) is 178 Å². The number of anilines is 3. The third-order valence-corrected chi connectivity index (χ3v) is 12.1. The van der Waals surface area contributed by atoms with Crippen LogP contribution in [0.2, 0.25) is 0 Å². The molecule has 3 heterocycles. The van der Waals surface area contributed by atoms with Crippen molar-refractivity contribution in [1.82, 2.24) is 9.13 Å². The highest BCUT2D eigenvalue weighted by molar-refractivity contribution is 7.25. The average Bonchev–Trinajstić information content (AvgIpc) is 3.91. The second kappa shape index (κ2) is 12.5. The van der Waals surface area contributed by atoms with Gasteiger partial charge < -0.3 is 14.0 Å². The average molecular weight is 732 g/mol. The molecule has 0 N–H and O–H groups in total. The van der Waals surface area contributed by atoms with Crippen molar-refractivity contribution in [3.63, 3.8) is 0 Å². The minimum absolute atomic E-state index is 0.652. The van der Waals surface area contributed by atoms with E-state index in [0.29, 0.717) is 11.1 Å². The molecule has 0 unspecified atom stereocenters. The summed E-state index contributed by atoms with van der Waals surface area (Å²) in [6.07, 6.45) is 0. The Morgan fingerprint density at radius 3 is 1.36 bits per heavy atom. The summed E-state index contributed by atoms with van der Waals surface area (Å²) in [5.74, 6) is 0. The largest absolute Gasteiger partial charge is 0.310 e. The van der Waals surface area contributed by atoms with E-state index in [1.165, 1.54) is 20.2 Å². The van der Waals surface area contributed by atoms with Crippen molar-refractivity contribution in [1.29, 1.82) is 10.5 Å². The van der Waals surface area contributed by atoms with E-state index < -0.39 is 0 Å². The molecule has 3 aromatic heterocycles. The molecule has 0 aliphatic heterocycles. The smallest absolute Gasteiger partial charge is 0.0991 e. The number of fused-ring (bicyclic) bond motifs is 9. The highest BCUT2D eigenvalue weighted by atomic mass is 32.1. The first-order chi connectivity index (χ1) is 27.7. The predicted molar refractivity (Wildman–Crippen MR) is 232 cm³/mol. The maximum absolute atomic E-state index is 9.65. The molecule has 56 heavy (non-hydrogen) atoms. The van der Waals surface area contributed by atoms with Crippen LogP contribution in [0.1, 0.15) is 11.1 Å². The van der Waals surface area contributed by atoms with E-state index in [9.17, 15) is 10.5 Å². The van der Waals surface area contributed by atoms with E-state index in [1.54, 1.807) is 0 Å². The highest BCUT2D eigenvalue weighted by Crippen LogP contribution is 2.42. The zero-order chi connectivity index (χ0) is 37.3. The zero-order valence-electron chi connectivity index (χ0n) is 29.9. The first kappa shape index (κ1) is 31.8. The van der Waals surface area contributed by atoms with E-state index in [0.717, 1.165) is 72.0 Å². The number of hydrogen-bond acceptors (Lipinski definition) is 4. The molecule has 0 amide bonds. The lowest BCUT2D eigenvalue weighted by atomic mass is 10.1. The summed E-state index contributed by atoms with van der Waals surface area (Å²) in [5, 5.41) is 26.2. The number of nitriles is 2. The molecule has 8 aromatic carbocycles. The van der Waals surface area contributed by atoms with Crippen molar-refractivity contribution in [3.05, 3.63) is 187 Å². The van der Waals surface area contributed by atoms with Crippen LogP contribution in [0.5, 0.6) is 0 Å². The van der Waals surface area contributed by atoms with Gasteiger partial charge in [-0.15, -0.1) is 11.3 Å². The number of hydrogen-bond donors (Lipinski definition) is 0. The SMILES string of the molecule is N#Cc1ccc2c(c1)c1ccccc1n2-c1ccc(N(c2ccc(-n3c4ccccc4c4cc(C#N)ccc43)cc2)c2ccc3sc4ccccc4c3c2)cc1. The van der Waals surface area contributed by atoms with Gasteiger partial charge in [-0.1, -0.05) is 54.6 Å². The Labute approximate surface area is 326 Å². The topological polar surface area (TPSA) is 60.7 Å². The van der Waals surface area contributed by atoms with Crippen molar-refractivity contribution in [3.8, 4) is 23.5 Å². The quantitative estimate of drug-likeness (QED) is 0.177. The van der Waals surface area contributed by atoms with Gasteiger partial charge in [-0.25, -0.2) is 0 Å². The van der Waals surface area contributed by atoms with E-state index in [1.807, 2.05) is 35.6 Å². The monoisotopic (exact) mass is 731 g/mol. The van der Waals surface area contributed by atoms with Crippen LogP contribution in [0.25, 0.3) is 75.2 Å². The molecule has 5 nitrogen and oxygen atoms in total. The molecule has 260 valence electrons. The normalized spacial score (nSPS) is 11.5. The Morgan fingerprint density at radius 2 is 0.821 bits per heavy atom. The van der Waals surface area contributed by atoms with Crippen LogP contribution in [0.4, 0.5) is 17.1 Å². The number of rotatable bonds is 5. The molecule has 0 spiro atoms. The fourth-order valence-electron chi connectivity index (χ4n) is 8.44. The van der Waals surface area contributed by atoms with Gasteiger partial charge in [0.05, 0.1) is 45.3 Å². The fourth-order valence-corrected chi connectivity index (χ4v) is 9.53. The highest BCUT2D eigenvalue weighted by Gasteiger charge is 2.19.